The summed E-state index contributed by atoms with van der Waals surface area (Å²) >= 11 is 0. The molecule has 0 atom stereocenters. The lowest BCUT2D eigenvalue weighted by Gasteiger charge is -2.14. The number of benzene rings is 1. The SMILES string of the molecule is Cc1ccc(Nc2nc(C)cc(NCCC3=CCCCC3)n2)c(C)c1. The van der Waals surface area contributed by atoms with Gasteiger partial charge in [-0.25, -0.2) is 4.98 Å². The van der Waals surface area contributed by atoms with Crippen LogP contribution in [0.4, 0.5) is 17.5 Å². The van der Waals surface area contributed by atoms with Crippen molar-refractivity contribution in [3.63, 3.8) is 0 Å². The zero-order valence-corrected chi connectivity index (χ0v) is 15.5. The van der Waals surface area contributed by atoms with Gasteiger partial charge in [-0.05, 0) is 64.5 Å². The van der Waals surface area contributed by atoms with Crippen molar-refractivity contribution < 1.29 is 0 Å². The molecule has 25 heavy (non-hydrogen) atoms. The summed E-state index contributed by atoms with van der Waals surface area (Å²) in [5.41, 5.74) is 6.05. The molecule has 4 heteroatoms. The van der Waals surface area contributed by atoms with Crippen molar-refractivity contribution in [1.82, 2.24) is 9.97 Å². The predicted octanol–water partition coefficient (Wildman–Crippen LogP) is 5.45. The van der Waals surface area contributed by atoms with E-state index in [-0.39, 0.29) is 0 Å². The third kappa shape index (κ3) is 5.05. The molecule has 0 unspecified atom stereocenters. The molecule has 0 radical (unpaired) electrons. The van der Waals surface area contributed by atoms with Gasteiger partial charge in [0.05, 0.1) is 0 Å². The van der Waals surface area contributed by atoms with Gasteiger partial charge in [-0.2, -0.15) is 4.98 Å². The zero-order chi connectivity index (χ0) is 17.6. The molecule has 1 aliphatic carbocycles. The molecule has 0 saturated heterocycles. The fourth-order valence-corrected chi connectivity index (χ4v) is 3.27. The lowest BCUT2D eigenvalue weighted by atomic mass is 9.97. The minimum Gasteiger partial charge on any atom is -0.370 e. The minimum atomic E-state index is 0.645. The number of nitrogens with zero attached hydrogens (tertiary/aromatic N) is 2. The van der Waals surface area contributed by atoms with Crippen LogP contribution in [-0.2, 0) is 0 Å². The number of allylic oxidation sites excluding steroid dienone is 1. The van der Waals surface area contributed by atoms with E-state index in [0.717, 1.165) is 30.2 Å². The molecule has 132 valence electrons. The van der Waals surface area contributed by atoms with Crippen molar-refractivity contribution in [2.24, 2.45) is 0 Å². The lowest BCUT2D eigenvalue weighted by molar-refractivity contribution is 0.679. The van der Waals surface area contributed by atoms with Gasteiger partial charge in [0.2, 0.25) is 5.95 Å². The second kappa shape index (κ2) is 8.15. The van der Waals surface area contributed by atoms with Gasteiger partial charge < -0.3 is 10.6 Å². The highest BCUT2D eigenvalue weighted by Crippen LogP contribution is 2.22. The Hall–Kier alpha value is -2.36. The summed E-state index contributed by atoms with van der Waals surface area (Å²) in [7, 11) is 0. The summed E-state index contributed by atoms with van der Waals surface area (Å²) < 4.78 is 0. The quantitative estimate of drug-likeness (QED) is 0.689. The molecule has 4 nitrogen and oxygen atoms in total. The van der Waals surface area contributed by atoms with E-state index in [9.17, 15) is 0 Å². The Labute approximate surface area is 150 Å². The van der Waals surface area contributed by atoms with Crippen molar-refractivity contribution in [3.05, 3.63) is 52.7 Å². The number of anilines is 3. The van der Waals surface area contributed by atoms with Crippen LogP contribution >= 0.6 is 0 Å². The van der Waals surface area contributed by atoms with Crippen LogP contribution in [0.3, 0.4) is 0 Å². The van der Waals surface area contributed by atoms with Crippen molar-refractivity contribution in [2.75, 3.05) is 17.2 Å². The number of hydrogen-bond donors (Lipinski definition) is 2. The third-order valence-corrected chi connectivity index (χ3v) is 4.62. The van der Waals surface area contributed by atoms with E-state index in [1.165, 1.54) is 36.8 Å². The fraction of sp³-hybridized carbons (Fsp3) is 0.429. The molecule has 0 saturated carbocycles. The number of hydrogen-bond acceptors (Lipinski definition) is 4. The van der Waals surface area contributed by atoms with E-state index in [1.807, 2.05) is 13.0 Å². The van der Waals surface area contributed by atoms with Gasteiger partial charge in [0.25, 0.3) is 0 Å². The molecule has 1 aromatic heterocycles. The highest BCUT2D eigenvalue weighted by Gasteiger charge is 2.06. The first-order chi connectivity index (χ1) is 12.1. The second-order valence-corrected chi connectivity index (χ2v) is 6.95. The standard InChI is InChI=1S/C21H28N4/c1-15-9-10-19(16(2)13-15)24-21-23-17(3)14-20(25-21)22-12-11-18-7-5-4-6-8-18/h7,9-10,13-14H,4-6,8,11-12H2,1-3H3,(H2,22,23,24,25). The molecule has 0 spiro atoms. The second-order valence-electron chi connectivity index (χ2n) is 6.95. The topological polar surface area (TPSA) is 49.8 Å². The Morgan fingerprint density at radius 3 is 2.68 bits per heavy atom. The Kier molecular flexibility index (Phi) is 5.69. The van der Waals surface area contributed by atoms with E-state index in [0.29, 0.717) is 5.95 Å². The maximum absolute atomic E-state index is 4.62. The van der Waals surface area contributed by atoms with Crippen LogP contribution in [0, 0.1) is 20.8 Å². The predicted molar refractivity (Wildman–Crippen MR) is 106 cm³/mol. The average Bonchev–Trinajstić information content (AvgIpc) is 2.58. The van der Waals surface area contributed by atoms with Crippen LogP contribution in [0.1, 0.15) is 48.9 Å². The molecule has 0 fully saturated rings. The number of rotatable bonds is 6. The van der Waals surface area contributed by atoms with Gasteiger partial charge in [0, 0.05) is 24.0 Å². The van der Waals surface area contributed by atoms with Gasteiger partial charge in [-0.3, -0.25) is 0 Å². The normalized spacial score (nSPS) is 14.1. The van der Waals surface area contributed by atoms with E-state index in [4.69, 9.17) is 0 Å². The van der Waals surface area contributed by atoms with Crippen LogP contribution in [0.15, 0.2) is 35.9 Å². The van der Waals surface area contributed by atoms with Gasteiger partial charge >= 0.3 is 0 Å². The highest BCUT2D eigenvalue weighted by molar-refractivity contribution is 5.60. The van der Waals surface area contributed by atoms with Crippen LogP contribution in [-0.4, -0.2) is 16.5 Å². The van der Waals surface area contributed by atoms with Crippen LogP contribution < -0.4 is 10.6 Å². The Morgan fingerprint density at radius 1 is 1.04 bits per heavy atom. The monoisotopic (exact) mass is 336 g/mol. The van der Waals surface area contributed by atoms with Crippen LogP contribution in [0.25, 0.3) is 0 Å². The fourth-order valence-electron chi connectivity index (χ4n) is 3.27. The molecule has 2 N–H and O–H groups in total. The van der Waals surface area contributed by atoms with Crippen LogP contribution in [0.5, 0.6) is 0 Å². The largest absolute Gasteiger partial charge is 0.370 e. The molecule has 1 aliphatic rings. The zero-order valence-electron chi connectivity index (χ0n) is 15.5. The minimum absolute atomic E-state index is 0.645. The third-order valence-electron chi connectivity index (χ3n) is 4.62. The molecule has 1 heterocycles. The van der Waals surface area contributed by atoms with Crippen molar-refractivity contribution in [1.29, 1.82) is 0 Å². The first kappa shape index (κ1) is 17.5. The highest BCUT2D eigenvalue weighted by atomic mass is 15.1. The molecule has 0 amide bonds. The average molecular weight is 336 g/mol. The summed E-state index contributed by atoms with van der Waals surface area (Å²) in [4.78, 5) is 9.14. The Bertz CT molecular complexity index is 764. The van der Waals surface area contributed by atoms with Gasteiger partial charge in [0.1, 0.15) is 5.82 Å². The first-order valence-corrected chi connectivity index (χ1v) is 9.22. The van der Waals surface area contributed by atoms with E-state index >= 15 is 0 Å². The van der Waals surface area contributed by atoms with Crippen LogP contribution in [0.2, 0.25) is 0 Å². The molecular weight excluding hydrogens is 308 g/mol. The molecular formula is C21H28N4. The number of aromatic nitrogens is 2. The summed E-state index contributed by atoms with van der Waals surface area (Å²) in [5, 5.41) is 6.80. The molecule has 2 aromatic rings. The molecule has 3 rings (SSSR count). The van der Waals surface area contributed by atoms with E-state index in [2.05, 4.69) is 58.7 Å². The van der Waals surface area contributed by atoms with E-state index in [1.54, 1.807) is 5.57 Å². The lowest BCUT2D eigenvalue weighted by Crippen LogP contribution is -2.08. The van der Waals surface area contributed by atoms with Crippen molar-refractivity contribution in [2.45, 2.75) is 52.9 Å². The van der Waals surface area contributed by atoms with Gasteiger partial charge in [-0.15, -0.1) is 0 Å². The maximum Gasteiger partial charge on any atom is 0.229 e. The van der Waals surface area contributed by atoms with Crippen molar-refractivity contribution >= 4 is 17.5 Å². The summed E-state index contributed by atoms with van der Waals surface area (Å²) in [6.07, 6.45) is 8.68. The smallest absolute Gasteiger partial charge is 0.229 e. The Morgan fingerprint density at radius 2 is 1.92 bits per heavy atom. The van der Waals surface area contributed by atoms with E-state index < -0.39 is 0 Å². The first-order valence-electron chi connectivity index (χ1n) is 9.22. The number of nitrogens with one attached hydrogen (secondary N) is 2. The summed E-state index contributed by atoms with van der Waals surface area (Å²) in [5.74, 6) is 1.53. The maximum atomic E-state index is 4.62. The molecule has 0 bridgehead atoms. The molecule has 0 aliphatic heterocycles. The van der Waals surface area contributed by atoms with Gasteiger partial charge in [-0.1, -0.05) is 29.3 Å². The molecule has 1 aromatic carbocycles. The van der Waals surface area contributed by atoms with Gasteiger partial charge in [0.15, 0.2) is 0 Å². The summed E-state index contributed by atoms with van der Waals surface area (Å²) in [6, 6.07) is 8.35. The number of aryl methyl sites for hydroxylation is 3. The van der Waals surface area contributed by atoms with Crippen molar-refractivity contribution in [3.8, 4) is 0 Å². The summed E-state index contributed by atoms with van der Waals surface area (Å²) in [6.45, 7) is 7.13. The Balaban J connectivity index is 1.64.